The van der Waals surface area contributed by atoms with Crippen LogP contribution in [0.3, 0.4) is 0 Å². The van der Waals surface area contributed by atoms with Gasteiger partial charge in [0.2, 0.25) is 0 Å². The number of hydrogen-bond acceptors (Lipinski definition) is 4. The van der Waals surface area contributed by atoms with Gasteiger partial charge in [-0.2, -0.15) is 0 Å². The van der Waals surface area contributed by atoms with E-state index in [1.165, 1.54) is 12.4 Å². The number of hydrogen-bond donors (Lipinski definition) is 2. The summed E-state index contributed by atoms with van der Waals surface area (Å²) in [6, 6.07) is 5.28. The average molecular weight is 281 g/mol. The molecule has 0 aliphatic carbocycles. The van der Waals surface area contributed by atoms with Gasteiger partial charge in [0.25, 0.3) is 5.91 Å². The number of aliphatic hydroxyl groups is 1. The number of pyridine rings is 2. The molecule has 5 heteroatoms. The van der Waals surface area contributed by atoms with Crippen LogP contribution in [0.4, 0.5) is 5.69 Å². The molecule has 5 nitrogen and oxygen atoms in total. The monoisotopic (exact) mass is 281 g/mol. The molecule has 0 spiro atoms. The van der Waals surface area contributed by atoms with E-state index in [1.807, 2.05) is 26.0 Å². The zero-order valence-corrected chi connectivity index (χ0v) is 11.8. The Kier molecular flexibility index (Phi) is 4.64. The van der Waals surface area contributed by atoms with Crippen LogP contribution in [-0.4, -0.2) is 27.6 Å². The molecule has 2 aromatic rings. The van der Waals surface area contributed by atoms with E-state index < -0.39 is 0 Å². The zero-order chi connectivity index (χ0) is 15.2. The second-order valence-corrected chi connectivity index (χ2v) is 4.46. The molecule has 0 aromatic carbocycles. The lowest BCUT2D eigenvalue weighted by molar-refractivity contribution is 0.102. The number of aliphatic hydroxyl groups excluding tert-OH is 1. The van der Waals surface area contributed by atoms with Gasteiger partial charge < -0.3 is 10.4 Å². The van der Waals surface area contributed by atoms with E-state index in [-0.39, 0.29) is 12.5 Å². The molecule has 0 atom stereocenters. The summed E-state index contributed by atoms with van der Waals surface area (Å²) in [6.07, 6.45) is 3.01. The Hall–Kier alpha value is -2.71. The van der Waals surface area contributed by atoms with E-state index in [2.05, 4.69) is 27.1 Å². The lowest BCUT2D eigenvalue weighted by Crippen LogP contribution is -2.13. The second-order valence-electron chi connectivity index (χ2n) is 4.46. The molecule has 106 valence electrons. The highest BCUT2D eigenvalue weighted by Crippen LogP contribution is 2.14. The van der Waals surface area contributed by atoms with Crippen molar-refractivity contribution >= 4 is 11.6 Å². The van der Waals surface area contributed by atoms with Crippen LogP contribution >= 0.6 is 0 Å². The zero-order valence-electron chi connectivity index (χ0n) is 11.8. The first kappa shape index (κ1) is 14.7. The maximum absolute atomic E-state index is 12.2. The second kappa shape index (κ2) is 6.64. The number of carbonyl (C=O) groups excluding carboxylic acids is 1. The van der Waals surface area contributed by atoms with Crippen molar-refractivity contribution in [2.45, 2.75) is 13.8 Å². The number of amides is 1. The number of anilines is 1. The van der Waals surface area contributed by atoms with Crippen molar-refractivity contribution in [2.24, 2.45) is 0 Å². The maximum Gasteiger partial charge on any atom is 0.257 e. The number of aromatic nitrogens is 2. The third kappa shape index (κ3) is 3.88. The predicted molar refractivity (Wildman–Crippen MR) is 79.9 cm³/mol. The van der Waals surface area contributed by atoms with E-state index >= 15 is 0 Å². The molecular weight excluding hydrogens is 266 g/mol. The standard InChI is InChI=1S/C16H15N3O2/c1-11-5-6-15(12(2)18-11)19-16(21)14-8-13(4-3-7-20)9-17-10-14/h5-6,8-10,20H,7H2,1-2H3,(H,19,21). The molecule has 0 bridgehead atoms. The van der Waals surface area contributed by atoms with Crippen molar-refractivity contribution in [3.8, 4) is 11.8 Å². The summed E-state index contributed by atoms with van der Waals surface area (Å²) in [5, 5.41) is 11.5. The molecule has 0 aliphatic heterocycles. The Morgan fingerprint density at radius 1 is 1.33 bits per heavy atom. The molecule has 0 radical (unpaired) electrons. The number of aryl methyl sites for hydroxylation is 2. The molecule has 0 saturated carbocycles. The fourth-order valence-corrected chi connectivity index (χ4v) is 1.79. The van der Waals surface area contributed by atoms with Gasteiger partial charge in [-0.3, -0.25) is 14.8 Å². The van der Waals surface area contributed by atoms with Crippen molar-refractivity contribution in [2.75, 3.05) is 11.9 Å². The Labute approximate surface area is 123 Å². The summed E-state index contributed by atoms with van der Waals surface area (Å²) in [5.41, 5.74) is 3.30. The van der Waals surface area contributed by atoms with Gasteiger partial charge in [-0.25, -0.2) is 0 Å². The smallest absolute Gasteiger partial charge is 0.257 e. The summed E-state index contributed by atoms with van der Waals surface area (Å²) in [5.74, 6) is 4.96. The minimum atomic E-state index is -0.274. The molecule has 2 rings (SSSR count). The Balaban J connectivity index is 2.20. The number of nitrogens with zero attached hydrogens (tertiary/aromatic N) is 2. The molecular formula is C16H15N3O2. The molecule has 2 aromatic heterocycles. The molecule has 2 N–H and O–H groups in total. The number of carbonyl (C=O) groups is 1. The van der Waals surface area contributed by atoms with Crippen molar-refractivity contribution in [1.82, 2.24) is 9.97 Å². The highest BCUT2D eigenvalue weighted by Gasteiger charge is 2.09. The Morgan fingerprint density at radius 2 is 2.14 bits per heavy atom. The molecule has 1 amide bonds. The summed E-state index contributed by atoms with van der Waals surface area (Å²) in [4.78, 5) is 20.5. The fourth-order valence-electron chi connectivity index (χ4n) is 1.79. The van der Waals surface area contributed by atoms with E-state index in [1.54, 1.807) is 6.07 Å². The van der Waals surface area contributed by atoms with Crippen LogP contribution in [0.1, 0.15) is 27.3 Å². The highest BCUT2D eigenvalue weighted by molar-refractivity contribution is 6.04. The van der Waals surface area contributed by atoms with Crippen molar-refractivity contribution in [3.05, 3.63) is 53.1 Å². The molecule has 2 heterocycles. The fraction of sp³-hybridized carbons (Fsp3) is 0.188. The van der Waals surface area contributed by atoms with Crippen LogP contribution in [0.2, 0.25) is 0 Å². The van der Waals surface area contributed by atoms with Gasteiger partial charge >= 0.3 is 0 Å². The lowest BCUT2D eigenvalue weighted by Gasteiger charge is -2.08. The Bertz CT molecular complexity index is 730. The van der Waals surface area contributed by atoms with Crippen LogP contribution in [0.25, 0.3) is 0 Å². The van der Waals surface area contributed by atoms with Crippen LogP contribution in [0.5, 0.6) is 0 Å². The van der Waals surface area contributed by atoms with Crippen molar-refractivity contribution < 1.29 is 9.90 Å². The first-order chi connectivity index (χ1) is 10.1. The Morgan fingerprint density at radius 3 is 2.86 bits per heavy atom. The van der Waals surface area contributed by atoms with Crippen LogP contribution in [0, 0.1) is 25.7 Å². The minimum Gasteiger partial charge on any atom is -0.384 e. The minimum absolute atomic E-state index is 0.231. The van der Waals surface area contributed by atoms with Gasteiger partial charge in [0.05, 0.1) is 16.9 Å². The summed E-state index contributed by atoms with van der Waals surface area (Å²) >= 11 is 0. The molecule has 0 aliphatic rings. The number of rotatable bonds is 2. The largest absolute Gasteiger partial charge is 0.384 e. The van der Waals surface area contributed by atoms with Gasteiger partial charge in [0, 0.05) is 23.7 Å². The SMILES string of the molecule is Cc1ccc(NC(=O)c2cncc(C#CCO)c2)c(C)n1. The normalized spacial score (nSPS) is 9.67. The van der Waals surface area contributed by atoms with Crippen LogP contribution < -0.4 is 5.32 Å². The van der Waals surface area contributed by atoms with Gasteiger partial charge in [0.15, 0.2) is 0 Å². The molecule has 0 unspecified atom stereocenters. The first-order valence-electron chi connectivity index (χ1n) is 6.40. The van der Waals surface area contributed by atoms with Crippen LogP contribution in [-0.2, 0) is 0 Å². The maximum atomic E-state index is 12.2. The summed E-state index contributed by atoms with van der Waals surface area (Å²) in [7, 11) is 0. The first-order valence-corrected chi connectivity index (χ1v) is 6.40. The lowest BCUT2D eigenvalue weighted by atomic mass is 10.2. The van der Waals surface area contributed by atoms with Crippen molar-refractivity contribution in [1.29, 1.82) is 0 Å². The average Bonchev–Trinajstić information content (AvgIpc) is 2.48. The molecule has 0 saturated heterocycles. The van der Waals surface area contributed by atoms with E-state index in [4.69, 9.17) is 5.11 Å². The third-order valence-electron chi connectivity index (χ3n) is 2.79. The summed E-state index contributed by atoms with van der Waals surface area (Å²) < 4.78 is 0. The highest BCUT2D eigenvalue weighted by atomic mass is 16.2. The quantitative estimate of drug-likeness (QED) is 0.821. The van der Waals surface area contributed by atoms with E-state index in [9.17, 15) is 4.79 Å². The molecule has 21 heavy (non-hydrogen) atoms. The van der Waals surface area contributed by atoms with Gasteiger partial charge in [-0.1, -0.05) is 11.8 Å². The van der Waals surface area contributed by atoms with Crippen LogP contribution in [0.15, 0.2) is 30.6 Å². The van der Waals surface area contributed by atoms with E-state index in [0.717, 1.165) is 11.4 Å². The molecule has 0 fully saturated rings. The summed E-state index contributed by atoms with van der Waals surface area (Å²) in [6.45, 7) is 3.50. The number of nitrogens with one attached hydrogen (secondary N) is 1. The predicted octanol–water partition coefficient (Wildman–Crippen LogP) is 1.69. The van der Waals surface area contributed by atoms with Gasteiger partial charge in [-0.15, -0.1) is 0 Å². The van der Waals surface area contributed by atoms with Gasteiger partial charge in [0.1, 0.15) is 6.61 Å². The topological polar surface area (TPSA) is 75.1 Å². The van der Waals surface area contributed by atoms with E-state index in [0.29, 0.717) is 16.8 Å². The van der Waals surface area contributed by atoms with Gasteiger partial charge in [-0.05, 0) is 32.0 Å². The third-order valence-corrected chi connectivity index (χ3v) is 2.79. The van der Waals surface area contributed by atoms with Crippen molar-refractivity contribution in [3.63, 3.8) is 0 Å².